The highest BCUT2D eigenvalue weighted by Crippen LogP contribution is 2.18. The largest absolute Gasteiger partial charge is 0.462 e. The van der Waals surface area contributed by atoms with Gasteiger partial charge in [0.05, 0.1) is 0 Å². The van der Waals surface area contributed by atoms with Gasteiger partial charge < -0.3 is 14.2 Å². The summed E-state index contributed by atoms with van der Waals surface area (Å²) in [6, 6.07) is 0. The fourth-order valence-electron chi connectivity index (χ4n) is 8.19. The molecule has 0 saturated carbocycles. The summed E-state index contributed by atoms with van der Waals surface area (Å²) in [6.07, 6.45) is 50.8. The highest BCUT2D eigenvalue weighted by molar-refractivity contribution is 5.71. The van der Waals surface area contributed by atoms with E-state index in [4.69, 9.17) is 14.2 Å². The van der Waals surface area contributed by atoms with Crippen molar-refractivity contribution >= 4 is 17.9 Å². The fraction of sp³-hybridized carbons (Fsp3) is 0.944. The third-order valence-electron chi connectivity index (χ3n) is 12.7. The van der Waals surface area contributed by atoms with Gasteiger partial charge >= 0.3 is 17.9 Å². The SMILES string of the molecule is CCCCCCCCCCCCCCC(=O)OC[C@@H](COC(=O)CCCCCCCCCCCCCCCCC(C)CC)OC(=O)CCCCCCCCCCCCCC. The van der Waals surface area contributed by atoms with Crippen LogP contribution in [0.2, 0.25) is 0 Å². The van der Waals surface area contributed by atoms with Gasteiger partial charge in [-0.25, -0.2) is 0 Å². The van der Waals surface area contributed by atoms with Crippen LogP contribution in [0.4, 0.5) is 0 Å². The highest BCUT2D eigenvalue weighted by Gasteiger charge is 2.19. The second-order valence-electron chi connectivity index (χ2n) is 18.8. The summed E-state index contributed by atoms with van der Waals surface area (Å²) in [4.78, 5) is 38.0. The molecule has 60 heavy (non-hydrogen) atoms. The number of ether oxygens (including phenoxy) is 3. The van der Waals surface area contributed by atoms with Crippen molar-refractivity contribution < 1.29 is 28.6 Å². The first-order chi connectivity index (χ1) is 29.4. The average Bonchev–Trinajstić information content (AvgIpc) is 3.25. The molecule has 0 aromatic carbocycles. The molecule has 2 atom stereocenters. The maximum Gasteiger partial charge on any atom is 0.306 e. The van der Waals surface area contributed by atoms with E-state index in [-0.39, 0.29) is 31.1 Å². The van der Waals surface area contributed by atoms with Gasteiger partial charge in [-0.05, 0) is 25.2 Å². The lowest BCUT2D eigenvalue weighted by atomic mass is 9.99. The zero-order chi connectivity index (χ0) is 43.8. The first-order valence-corrected chi connectivity index (χ1v) is 26.9. The van der Waals surface area contributed by atoms with Crippen molar-refractivity contribution in [2.45, 2.75) is 310 Å². The van der Waals surface area contributed by atoms with Crippen LogP contribution in [0.15, 0.2) is 0 Å². The van der Waals surface area contributed by atoms with E-state index in [9.17, 15) is 14.4 Å². The number of hydrogen-bond acceptors (Lipinski definition) is 6. The summed E-state index contributed by atoms with van der Waals surface area (Å²) in [7, 11) is 0. The molecule has 0 amide bonds. The molecule has 0 spiro atoms. The summed E-state index contributed by atoms with van der Waals surface area (Å²) in [5.41, 5.74) is 0. The molecule has 6 heteroatoms. The molecule has 0 bridgehead atoms. The van der Waals surface area contributed by atoms with E-state index in [0.29, 0.717) is 19.3 Å². The molecule has 356 valence electrons. The minimum atomic E-state index is -0.760. The van der Waals surface area contributed by atoms with Gasteiger partial charge in [0.15, 0.2) is 6.10 Å². The fourth-order valence-corrected chi connectivity index (χ4v) is 8.19. The van der Waals surface area contributed by atoms with Gasteiger partial charge in [0.2, 0.25) is 0 Å². The normalized spacial score (nSPS) is 12.4. The molecule has 0 N–H and O–H groups in total. The molecular formula is C54H104O6. The maximum absolute atomic E-state index is 12.8. The summed E-state index contributed by atoms with van der Waals surface area (Å²) in [6.45, 7) is 9.07. The Hall–Kier alpha value is -1.59. The molecular weight excluding hydrogens is 745 g/mol. The molecule has 0 saturated heterocycles. The van der Waals surface area contributed by atoms with Crippen molar-refractivity contribution in [3.05, 3.63) is 0 Å². The smallest absolute Gasteiger partial charge is 0.306 e. The van der Waals surface area contributed by atoms with E-state index in [0.717, 1.165) is 63.7 Å². The number of carbonyl (C=O) groups excluding carboxylic acids is 3. The van der Waals surface area contributed by atoms with E-state index < -0.39 is 6.10 Å². The van der Waals surface area contributed by atoms with Crippen LogP contribution < -0.4 is 0 Å². The Labute approximate surface area is 374 Å². The number of rotatable bonds is 49. The summed E-state index contributed by atoms with van der Waals surface area (Å²) in [5, 5.41) is 0. The average molecular weight is 849 g/mol. The van der Waals surface area contributed by atoms with Crippen molar-refractivity contribution in [3.8, 4) is 0 Å². The van der Waals surface area contributed by atoms with Gasteiger partial charge in [-0.1, -0.05) is 265 Å². The molecule has 1 unspecified atom stereocenters. The first-order valence-electron chi connectivity index (χ1n) is 26.9. The van der Waals surface area contributed by atoms with Crippen LogP contribution in [0.5, 0.6) is 0 Å². The summed E-state index contributed by atoms with van der Waals surface area (Å²) < 4.78 is 16.8. The Morgan fingerprint density at radius 2 is 0.583 bits per heavy atom. The third-order valence-corrected chi connectivity index (χ3v) is 12.7. The second-order valence-corrected chi connectivity index (χ2v) is 18.8. The number of esters is 3. The topological polar surface area (TPSA) is 78.9 Å². The van der Waals surface area contributed by atoms with E-state index in [1.807, 2.05) is 0 Å². The lowest BCUT2D eigenvalue weighted by Crippen LogP contribution is -2.30. The van der Waals surface area contributed by atoms with Gasteiger partial charge in [0.25, 0.3) is 0 Å². The lowest BCUT2D eigenvalue weighted by Gasteiger charge is -2.18. The van der Waals surface area contributed by atoms with Crippen LogP contribution in [0.3, 0.4) is 0 Å². The molecule has 0 aliphatic rings. The van der Waals surface area contributed by atoms with Crippen LogP contribution in [0.25, 0.3) is 0 Å². The van der Waals surface area contributed by atoms with Crippen molar-refractivity contribution in [3.63, 3.8) is 0 Å². The standard InChI is InChI=1S/C54H104O6/c1-5-8-10-12-14-16-18-25-29-33-37-41-45-52(55)58-48-51(60-54(57)47-43-39-35-31-26-19-17-15-13-11-9-6-2)49-59-53(56)46-42-38-34-30-27-23-21-20-22-24-28-32-36-40-44-50(4)7-3/h50-51H,5-49H2,1-4H3/t50?,51-/m0/s1. The molecule has 0 aliphatic carbocycles. The predicted octanol–water partition coefficient (Wildman–Crippen LogP) is 17.5. The highest BCUT2D eigenvalue weighted by atomic mass is 16.6. The maximum atomic E-state index is 12.8. The van der Waals surface area contributed by atoms with Crippen LogP contribution in [-0.4, -0.2) is 37.2 Å². The molecule has 0 rings (SSSR count). The van der Waals surface area contributed by atoms with E-state index >= 15 is 0 Å². The van der Waals surface area contributed by atoms with Gasteiger partial charge in [0.1, 0.15) is 13.2 Å². The van der Waals surface area contributed by atoms with Crippen molar-refractivity contribution in [2.24, 2.45) is 5.92 Å². The molecule has 0 aliphatic heterocycles. The molecule has 6 nitrogen and oxygen atoms in total. The van der Waals surface area contributed by atoms with Crippen molar-refractivity contribution in [2.75, 3.05) is 13.2 Å². The Bertz CT molecular complexity index is 905. The number of unbranched alkanes of at least 4 members (excludes halogenated alkanes) is 35. The van der Waals surface area contributed by atoms with E-state index in [1.165, 1.54) is 199 Å². The van der Waals surface area contributed by atoms with Crippen LogP contribution in [0, 0.1) is 5.92 Å². The zero-order valence-corrected chi connectivity index (χ0v) is 40.9. The summed E-state index contributed by atoms with van der Waals surface area (Å²) in [5.74, 6) is 0.0542. The van der Waals surface area contributed by atoms with Gasteiger partial charge in [-0.3, -0.25) is 14.4 Å². The summed E-state index contributed by atoms with van der Waals surface area (Å²) >= 11 is 0. The van der Waals surface area contributed by atoms with Gasteiger partial charge in [-0.15, -0.1) is 0 Å². The van der Waals surface area contributed by atoms with Crippen molar-refractivity contribution in [1.82, 2.24) is 0 Å². The minimum Gasteiger partial charge on any atom is -0.462 e. The predicted molar refractivity (Wildman–Crippen MR) is 257 cm³/mol. The Kier molecular flexibility index (Phi) is 47.2. The third kappa shape index (κ3) is 45.9. The van der Waals surface area contributed by atoms with Crippen LogP contribution in [-0.2, 0) is 28.6 Å². The van der Waals surface area contributed by atoms with Crippen LogP contribution >= 0.6 is 0 Å². The van der Waals surface area contributed by atoms with Crippen LogP contribution in [0.1, 0.15) is 304 Å². The Balaban J connectivity index is 4.26. The quantitative estimate of drug-likeness (QED) is 0.0345. The van der Waals surface area contributed by atoms with Crippen molar-refractivity contribution in [1.29, 1.82) is 0 Å². The minimum absolute atomic E-state index is 0.0624. The lowest BCUT2D eigenvalue weighted by molar-refractivity contribution is -0.167. The van der Waals surface area contributed by atoms with Gasteiger partial charge in [0, 0.05) is 19.3 Å². The molecule has 0 aromatic heterocycles. The molecule has 0 radical (unpaired) electrons. The Morgan fingerprint density at radius 3 is 0.867 bits per heavy atom. The molecule has 0 fully saturated rings. The Morgan fingerprint density at radius 1 is 0.333 bits per heavy atom. The first kappa shape index (κ1) is 58.4. The van der Waals surface area contributed by atoms with E-state index in [2.05, 4.69) is 27.7 Å². The number of hydrogen-bond donors (Lipinski definition) is 0. The second kappa shape index (κ2) is 48.4. The van der Waals surface area contributed by atoms with E-state index in [1.54, 1.807) is 0 Å². The molecule has 0 aromatic rings. The van der Waals surface area contributed by atoms with Gasteiger partial charge in [-0.2, -0.15) is 0 Å². The molecule has 0 heterocycles. The number of carbonyl (C=O) groups is 3. The monoisotopic (exact) mass is 849 g/mol. The zero-order valence-electron chi connectivity index (χ0n) is 40.9.